The number of hydrogen-bond acceptors (Lipinski definition) is 2. The number of ether oxygens (including phenoxy) is 1. The average molecular weight is 140 g/mol. The second-order valence-electron chi connectivity index (χ2n) is 2.57. The minimum atomic E-state index is -0.214. The first-order valence-electron chi connectivity index (χ1n) is 3.62. The van der Waals surface area contributed by atoms with Gasteiger partial charge in [-0.3, -0.25) is 0 Å². The number of esters is 1. The van der Waals surface area contributed by atoms with Crippen LogP contribution in [0.1, 0.15) is 19.8 Å². The van der Waals surface area contributed by atoms with Crippen molar-refractivity contribution in [2.24, 2.45) is 5.92 Å². The lowest BCUT2D eigenvalue weighted by Gasteiger charge is -1.97. The Labute approximate surface area is 60.9 Å². The molecule has 10 heavy (non-hydrogen) atoms. The molecule has 0 heterocycles. The Bertz CT molecular complexity index is 145. The lowest BCUT2D eigenvalue weighted by atomic mass is 10.4. The van der Waals surface area contributed by atoms with E-state index in [-0.39, 0.29) is 5.97 Å². The van der Waals surface area contributed by atoms with E-state index in [0.717, 1.165) is 0 Å². The molecule has 0 aliphatic heterocycles. The maximum atomic E-state index is 10.7. The highest BCUT2D eigenvalue weighted by Gasteiger charge is 2.22. The van der Waals surface area contributed by atoms with Crippen LogP contribution in [0.3, 0.4) is 0 Å². The quantitative estimate of drug-likeness (QED) is 0.439. The van der Waals surface area contributed by atoms with E-state index in [0.29, 0.717) is 12.5 Å². The minimum Gasteiger partial charge on any atom is -0.462 e. The van der Waals surface area contributed by atoms with Gasteiger partial charge in [0.2, 0.25) is 0 Å². The zero-order valence-corrected chi connectivity index (χ0v) is 6.17. The smallest absolute Gasteiger partial charge is 0.330 e. The molecule has 56 valence electrons. The normalized spacial score (nSPS) is 17.7. The zero-order valence-electron chi connectivity index (χ0n) is 6.17. The summed E-state index contributed by atoms with van der Waals surface area (Å²) >= 11 is 0. The van der Waals surface area contributed by atoms with Crippen molar-refractivity contribution in [1.29, 1.82) is 0 Å². The van der Waals surface area contributed by atoms with Crippen LogP contribution in [-0.4, -0.2) is 12.6 Å². The van der Waals surface area contributed by atoms with E-state index in [1.807, 2.05) is 0 Å². The predicted octanol–water partition coefficient (Wildman–Crippen LogP) is 1.52. The summed E-state index contributed by atoms with van der Waals surface area (Å²) in [6, 6.07) is 0. The summed E-state index contributed by atoms with van der Waals surface area (Å²) < 4.78 is 4.88. The molecule has 1 saturated carbocycles. The van der Waals surface area contributed by atoms with Crippen molar-refractivity contribution >= 4 is 5.97 Å². The van der Waals surface area contributed by atoms with Gasteiger partial charge in [-0.15, -0.1) is 0 Å². The molecule has 1 rings (SSSR count). The van der Waals surface area contributed by atoms with Gasteiger partial charge in [0, 0.05) is 6.08 Å². The SMILES string of the molecule is C/C=C/C(=O)OCC1CC1. The van der Waals surface area contributed by atoms with Gasteiger partial charge in [0.25, 0.3) is 0 Å². The van der Waals surface area contributed by atoms with Crippen molar-refractivity contribution < 1.29 is 9.53 Å². The van der Waals surface area contributed by atoms with Crippen molar-refractivity contribution in [3.8, 4) is 0 Å². The highest BCUT2D eigenvalue weighted by molar-refractivity contribution is 5.81. The van der Waals surface area contributed by atoms with Crippen molar-refractivity contribution in [2.75, 3.05) is 6.61 Å². The predicted molar refractivity (Wildman–Crippen MR) is 38.5 cm³/mol. The number of carbonyl (C=O) groups is 1. The van der Waals surface area contributed by atoms with Gasteiger partial charge in [0.05, 0.1) is 6.61 Å². The standard InChI is InChI=1S/C8H12O2/c1-2-3-8(9)10-6-7-4-5-7/h2-3,7H,4-6H2,1H3/b3-2+. The Morgan fingerprint density at radius 1 is 1.70 bits per heavy atom. The molecule has 2 heteroatoms. The second-order valence-corrected chi connectivity index (χ2v) is 2.57. The van der Waals surface area contributed by atoms with E-state index in [2.05, 4.69) is 0 Å². The third kappa shape index (κ3) is 2.67. The molecule has 0 atom stereocenters. The molecule has 0 aromatic carbocycles. The second kappa shape index (κ2) is 3.40. The molecule has 1 aliphatic rings. The fourth-order valence-electron chi connectivity index (χ4n) is 0.669. The number of allylic oxidation sites excluding steroid dienone is 1. The molecule has 2 nitrogen and oxygen atoms in total. The fourth-order valence-corrected chi connectivity index (χ4v) is 0.669. The third-order valence-corrected chi connectivity index (χ3v) is 1.46. The molecule has 0 bridgehead atoms. The van der Waals surface area contributed by atoms with E-state index in [1.54, 1.807) is 13.0 Å². The zero-order chi connectivity index (χ0) is 7.40. The van der Waals surface area contributed by atoms with Crippen LogP contribution < -0.4 is 0 Å². The van der Waals surface area contributed by atoms with Crippen LogP contribution in [0, 0.1) is 5.92 Å². The van der Waals surface area contributed by atoms with Crippen molar-refractivity contribution in [3.05, 3.63) is 12.2 Å². The molecular weight excluding hydrogens is 128 g/mol. The average Bonchev–Trinajstić information content (AvgIpc) is 2.67. The highest BCUT2D eigenvalue weighted by atomic mass is 16.5. The van der Waals surface area contributed by atoms with Crippen molar-refractivity contribution in [1.82, 2.24) is 0 Å². The van der Waals surface area contributed by atoms with Crippen LogP contribution >= 0.6 is 0 Å². The third-order valence-electron chi connectivity index (χ3n) is 1.46. The lowest BCUT2D eigenvalue weighted by molar-refractivity contribution is -0.138. The van der Waals surface area contributed by atoms with Gasteiger partial charge in [-0.05, 0) is 25.7 Å². The van der Waals surface area contributed by atoms with Gasteiger partial charge in [0.1, 0.15) is 0 Å². The van der Waals surface area contributed by atoms with E-state index < -0.39 is 0 Å². The Kier molecular flexibility index (Phi) is 2.49. The van der Waals surface area contributed by atoms with Crippen LogP contribution in [0.25, 0.3) is 0 Å². The molecular formula is C8H12O2. The summed E-state index contributed by atoms with van der Waals surface area (Å²) in [5.41, 5.74) is 0. The molecule has 0 unspecified atom stereocenters. The minimum absolute atomic E-state index is 0.214. The molecule has 1 aliphatic carbocycles. The summed E-state index contributed by atoms with van der Waals surface area (Å²) in [6.45, 7) is 2.42. The fraction of sp³-hybridized carbons (Fsp3) is 0.625. The summed E-state index contributed by atoms with van der Waals surface area (Å²) in [5.74, 6) is 0.448. The van der Waals surface area contributed by atoms with Crippen molar-refractivity contribution in [2.45, 2.75) is 19.8 Å². The Hall–Kier alpha value is -0.790. The molecule has 0 aromatic heterocycles. The van der Waals surface area contributed by atoms with Gasteiger partial charge in [0.15, 0.2) is 0 Å². The monoisotopic (exact) mass is 140 g/mol. The highest BCUT2D eigenvalue weighted by Crippen LogP contribution is 2.28. The maximum Gasteiger partial charge on any atom is 0.330 e. The van der Waals surface area contributed by atoms with Crippen molar-refractivity contribution in [3.63, 3.8) is 0 Å². The molecule has 0 aromatic rings. The first-order valence-corrected chi connectivity index (χ1v) is 3.62. The summed E-state index contributed by atoms with van der Waals surface area (Å²) in [7, 11) is 0. The first-order chi connectivity index (χ1) is 4.83. The molecule has 0 N–H and O–H groups in total. The molecule has 0 amide bonds. The summed E-state index contributed by atoms with van der Waals surface area (Å²) in [5, 5.41) is 0. The molecule has 0 radical (unpaired) electrons. The maximum absolute atomic E-state index is 10.7. The molecule has 0 saturated heterocycles. The van der Waals surface area contributed by atoms with Crippen LogP contribution in [-0.2, 0) is 9.53 Å². The number of rotatable bonds is 3. The molecule has 0 spiro atoms. The van der Waals surface area contributed by atoms with Gasteiger partial charge >= 0.3 is 5.97 Å². The van der Waals surface area contributed by atoms with Crippen LogP contribution in [0.4, 0.5) is 0 Å². The lowest BCUT2D eigenvalue weighted by Crippen LogP contribution is -2.02. The van der Waals surface area contributed by atoms with Crippen LogP contribution in [0.2, 0.25) is 0 Å². The Morgan fingerprint density at radius 3 is 2.90 bits per heavy atom. The van der Waals surface area contributed by atoms with E-state index in [1.165, 1.54) is 18.9 Å². The van der Waals surface area contributed by atoms with E-state index in [9.17, 15) is 4.79 Å². The Balaban J connectivity index is 2.05. The number of carbonyl (C=O) groups excluding carboxylic acids is 1. The molecule has 1 fully saturated rings. The topological polar surface area (TPSA) is 26.3 Å². The van der Waals surface area contributed by atoms with Gasteiger partial charge in [-0.1, -0.05) is 6.08 Å². The summed E-state index contributed by atoms with van der Waals surface area (Å²) in [4.78, 5) is 10.7. The van der Waals surface area contributed by atoms with Gasteiger partial charge in [-0.25, -0.2) is 4.79 Å². The van der Waals surface area contributed by atoms with E-state index >= 15 is 0 Å². The van der Waals surface area contributed by atoms with Gasteiger partial charge in [-0.2, -0.15) is 0 Å². The van der Waals surface area contributed by atoms with Gasteiger partial charge < -0.3 is 4.74 Å². The summed E-state index contributed by atoms with van der Waals surface area (Å²) in [6.07, 6.45) is 5.59. The van der Waals surface area contributed by atoms with E-state index in [4.69, 9.17) is 4.74 Å². The number of hydrogen-bond donors (Lipinski definition) is 0. The largest absolute Gasteiger partial charge is 0.462 e. The first kappa shape index (κ1) is 7.32. The van der Waals surface area contributed by atoms with Crippen LogP contribution in [0.5, 0.6) is 0 Å². The van der Waals surface area contributed by atoms with Crippen LogP contribution in [0.15, 0.2) is 12.2 Å². The Morgan fingerprint density at radius 2 is 2.40 bits per heavy atom.